The van der Waals surface area contributed by atoms with Gasteiger partial charge in [-0.25, -0.2) is 4.98 Å². The number of carbonyl (C=O) groups is 1. The number of hydrogen-bond donors (Lipinski definition) is 2. The van der Waals surface area contributed by atoms with Crippen LogP contribution in [0, 0.1) is 0 Å². The summed E-state index contributed by atoms with van der Waals surface area (Å²) in [5.74, 6) is 0.404. The minimum atomic E-state index is -0.200. The molecule has 20 heavy (non-hydrogen) atoms. The predicted molar refractivity (Wildman–Crippen MR) is 81.4 cm³/mol. The molecule has 112 valence electrons. The molecule has 1 atom stereocenters. The lowest BCUT2D eigenvalue weighted by Crippen LogP contribution is -2.36. The lowest BCUT2D eigenvalue weighted by molar-refractivity contribution is 0.0871. The number of aromatic nitrogens is 1. The molecular formula is C14H22ClN3O2. The highest BCUT2D eigenvalue weighted by molar-refractivity contribution is 6.33. The third-order valence-corrected chi connectivity index (χ3v) is 2.88. The molecule has 0 spiro atoms. The number of anilines is 1. The lowest BCUT2D eigenvalue weighted by atomic mass is 10.2. The quantitative estimate of drug-likeness (QED) is 0.775. The van der Waals surface area contributed by atoms with E-state index < -0.39 is 0 Å². The van der Waals surface area contributed by atoms with E-state index in [-0.39, 0.29) is 11.9 Å². The van der Waals surface area contributed by atoms with Gasteiger partial charge in [0.2, 0.25) is 0 Å². The van der Waals surface area contributed by atoms with E-state index in [1.165, 1.54) is 6.20 Å². The Kier molecular flexibility index (Phi) is 7.33. The molecule has 0 aliphatic heterocycles. The maximum Gasteiger partial charge on any atom is 0.253 e. The summed E-state index contributed by atoms with van der Waals surface area (Å²) >= 11 is 6.10. The Hall–Kier alpha value is -1.33. The minimum absolute atomic E-state index is 0.0564. The molecule has 5 nitrogen and oxygen atoms in total. The fourth-order valence-electron chi connectivity index (χ4n) is 1.58. The standard InChI is InChI=1S/C14H22ClN3O2/c1-4-6-16-13-12(15)7-11(8-17-13)14(19)18-10(3)9-20-5-2/h7-8,10H,4-6,9H2,1-3H3,(H,16,17)(H,18,19). The second-order valence-electron chi connectivity index (χ2n) is 4.52. The fourth-order valence-corrected chi connectivity index (χ4v) is 1.81. The molecule has 0 bridgehead atoms. The van der Waals surface area contributed by atoms with Gasteiger partial charge in [0.25, 0.3) is 5.91 Å². The van der Waals surface area contributed by atoms with Crippen molar-refractivity contribution in [3.63, 3.8) is 0 Å². The Morgan fingerprint density at radius 2 is 2.25 bits per heavy atom. The third-order valence-electron chi connectivity index (χ3n) is 2.60. The van der Waals surface area contributed by atoms with Crippen LogP contribution < -0.4 is 10.6 Å². The van der Waals surface area contributed by atoms with Gasteiger partial charge in [0, 0.05) is 25.4 Å². The number of halogens is 1. The Labute approximate surface area is 125 Å². The molecule has 1 amide bonds. The van der Waals surface area contributed by atoms with E-state index in [0.29, 0.717) is 29.6 Å². The summed E-state index contributed by atoms with van der Waals surface area (Å²) in [5.41, 5.74) is 0.445. The van der Waals surface area contributed by atoms with Crippen molar-refractivity contribution in [1.82, 2.24) is 10.3 Å². The average molecular weight is 300 g/mol. The first kappa shape index (κ1) is 16.7. The van der Waals surface area contributed by atoms with Crippen LogP contribution in [0.1, 0.15) is 37.6 Å². The second-order valence-corrected chi connectivity index (χ2v) is 4.92. The van der Waals surface area contributed by atoms with Crippen LogP contribution in [0.2, 0.25) is 5.02 Å². The Morgan fingerprint density at radius 3 is 2.85 bits per heavy atom. The smallest absolute Gasteiger partial charge is 0.253 e. The number of nitrogens with zero attached hydrogens (tertiary/aromatic N) is 1. The zero-order valence-electron chi connectivity index (χ0n) is 12.2. The first-order chi connectivity index (χ1) is 9.58. The second kappa shape index (κ2) is 8.76. The molecule has 0 aliphatic carbocycles. The van der Waals surface area contributed by atoms with Crippen molar-refractivity contribution in [2.45, 2.75) is 33.2 Å². The molecule has 1 aromatic heterocycles. The summed E-state index contributed by atoms with van der Waals surface area (Å²) in [4.78, 5) is 16.2. The lowest BCUT2D eigenvalue weighted by Gasteiger charge is -2.14. The monoisotopic (exact) mass is 299 g/mol. The number of amides is 1. The van der Waals surface area contributed by atoms with E-state index in [1.54, 1.807) is 6.07 Å². The number of carbonyl (C=O) groups excluding carboxylic acids is 1. The van der Waals surface area contributed by atoms with Gasteiger partial charge in [0.05, 0.1) is 17.2 Å². The van der Waals surface area contributed by atoms with E-state index in [1.807, 2.05) is 13.8 Å². The van der Waals surface area contributed by atoms with E-state index >= 15 is 0 Å². The van der Waals surface area contributed by atoms with Gasteiger partial charge in [-0.1, -0.05) is 18.5 Å². The van der Waals surface area contributed by atoms with Gasteiger partial charge in [-0.3, -0.25) is 4.79 Å². The molecule has 1 rings (SSSR count). The van der Waals surface area contributed by atoms with Gasteiger partial charge in [0.15, 0.2) is 0 Å². The Bertz CT molecular complexity index is 440. The molecule has 0 saturated carbocycles. The van der Waals surface area contributed by atoms with Crippen LogP contribution >= 0.6 is 11.6 Å². The zero-order chi connectivity index (χ0) is 15.0. The summed E-state index contributed by atoms with van der Waals surface area (Å²) in [7, 11) is 0. The van der Waals surface area contributed by atoms with Gasteiger partial charge >= 0.3 is 0 Å². The summed E-state index contributed by atoms with van der Waals surface area (Å²) in [6.45, 7) is 7.77. The van der Waals surface area contributed by atoms with Gasteiger partial charge in [-0.15, -0.1) is 0 Å². The van der Waals surface area contributed by atoms with Gasteiger partial charge in [0.1, 0.15) is 5.82 Å². The molecule has 1 heterocycles. The third kappa shape index (κ3) is 5.35. The van der Waals surface area contributed by atoms with E-state index in [4.69, 9.17) is 16.3 Å². The van der Waals surface area contributed by atoms with Crippen molar-refractivity contribution in [2.75, 3.05) is 25.1 Å². The fraction of sp³-hybridized carbons (Fsp3) is 0.571. The number of hydrogen-bond acceptors (Lipinski definition) is 4. The summed E-state index contributed by atoms with van der Waals surface area (Å²) < 4.78 is 5.25. The van der Waals surface area contributed by atoms with Gasteiger partial charge < -0.3 is 15.4 Å². The summed E-state index contributed by atoms with van der Waals surface area (Å²) in [5, 5.41) is 6.39. The SMILES string of the molecule is CCCNc1ncc(C(=O)NC(C)COCC)cc1Cl. The zero-order valence-corrected chi connectivity index (χ0v) is 13.0. The number of rotatable bonds is 8. The Morgan fingerprint density at radius 1 is 1.50 bits per heavy atom. The van der Waals surface area contributed by atoms with Crippen LogP contribution in [-0.4, -0.2) is 36.7 Å². The molecule has 0 saturated heterocycles. The highest BCUT2D eigenvalue weighted by atomic mass is 35.5. The van der Waals surface area contributed by atoms with Crippen LogP contribution in [0.4, 0.5) is 5.82 Å². The highest BCUT2D eigenvalue weighted by Crippen LogP contribution is 2.20. The van der Waals surface area contributed by atoms with Gasteiger partial charge in [-0.05, 0) is 26.3 Å². The molecule has 6 heteroatoms. The molecule has 0 aromatic carbocycles. The molecule has 0 radical (unpaired) electrons. The topological polar surface area (TPSA) is 63.2 Å². The van der Waals surface area contributed by atoms with Crippen LogP contribution in [0.3, 0.4) is 0 Å². The van der Waals surface area contributed by atoms with Crippen molar-refractivity contribution in [3.8, 4) is 0 Å². The van der Waals surface area contributed by atoms with E-state index in [9.17, 15) is 4.79 Å². The van der Waals surface area contributed by atoms with Crippen molar-refractivity contribution < 1.29 is 9.53 Å². The molecule has 0 fully saturated rings. The molecule has 1 unspecified atom stereocenters. The maximum atomic E-state index is 12.0. The summed E-state index contributed by atoms with van der Waals surface area (Å²) in [6.07, 6.45) is 2.50. The van der Waals surface area contributed by atoms with Crippen molar-refractivity contribution in [3.05, 3.63) is 22.8 Å². The average Bonchev–Trinajstić information content (AvgIpc) is 2.43. The van der Waals surface area contributed by atoms with Crippen LogP contribution in [-0.2, 0) is 4.74 Å². The highest BCUT2D eigenvalue weighted by Gasteiger charge is 2.12. The van der Waals surface area contributed by atoms with Crippen molar-refractivity contribution in [2.24, 2.45) is 0 Å². The largest absolute Gasteiger partial charge is 0.380 e. The maximum absolute atomic E-state index is 12.0. The minimum Gasteiger partial charge on any atom is -0.380 e. The molecule has 2 N–H and O–H groups in total. The van der Waals surface area contributed by atoms with Crippen molar-refractivity contribution in [1.29, 1.82) is 0 Å². The van der Waals surface area contributed by atoms with Crippen LogP contribution in [0.5, 0.6) is 0 Å². The number of ether oxygens (including phenoxy) is 1. The van der Waals surface area contributed by atoms with Crippen LogP contribution in [0.15, 0.2) is 12.3 Å². The molecule has 0 aliphatic rings. The normalized spacial score (nSPS) is 12.0. The van der Waals surface area contributed by atoms with E-state index in [2.05, 4.69) is 22.5 Å². The molecular weight excluding hydrogens is 278 g/mol. The first-order valence-corrected chi connectivity index (χ1v) is 7.24. The van der Waals surface area contributed by atoms with Crippen molar-refractivity contribution >= 4 is 23.3 Å². The Balaban J connectivity index is 2.62. The van der Waals surface area contributed by atoms with Gasteiger partial charge in [-0.2, -0.15) is 0 Å². The summed E-state index contributed by atoms with van der Waals surface area (Å²) in [6, 6.07) is 1.56. The van der Waals surface area contributed by atoms with Crippen LogP contribution in [0.25, 0.3) is 0 Å². The molecule has 1 aromatic rings. The van der Waals surface area contributed by atoms with E-state index in [0.717, 1.165) is 13.0 Å². The number of pyridine rings is 1. The predicted octanol–water partition coefficient (Wildman–Crippen LogP) is 2.71. The number of nitrogens with one attached hydrogen (secondary N) is 2. The first-order valence-electron chi connectivity index (χ1n) is 6.86.